The van der Waals surface area contributed by atoms with Crippen molar-refractivity contribution in [3.63, 3.8) is 0 Å². The third-order valence-electron chi connectivity index (χ3n) is 2.74. The van der Waals surface area contributed by atoms with Gasteiger partial charge in [0.25, 0.3) is 0 Å². The highest BCUT2D eigenvalue weighted by Gasteiger charge is 2.07. The molecule has 3 aromatic rings. The van der Waals surface area contributed by atoms with Crippen molar-refractivity contribution in [3.8, 4) is 0 Å². The lowest BCUT2D eigenvalue weighted by molar-refractivity contribution is 0.262. The molecule has 19 heavy (non-hydrogen) atoms. The molecule has 0 aliphatic heterocycles. The van der Waals surface area contributed by atoms with Crippen LogP contribution >= 0.6 is 0 Å². The molecule has 2 amide bonds. The molecule has 3 rings (SSSR count). The number of nitrogens with one attached hydrogen (secondary N) is 3. The number of para-hydroxylation sites is 1. The largest absolute Gasteiger partial charge is 0.359 e. The van der Waals surface area contributed by atoms with E-state index < -0.39 is 0 Å². The van der Waals surface area contributed by atoms with Gasteiger partial charge in [-0.1, -0.05) is 24.3 Å². The SMILES string of the molecule is O=C(Nc1ccccn1)Nc1c[nH]c2ccccc12. The maximum Gasteiger partial charge on any atom is 0.324 e. The fraction of sp³-hybridized carbons (Fsp3) is 0. The lowest BCUT2D eigenvalue weighted by atomic mass is 10.2. The standard InChI is InChI=1S/C14H12N4O/c19-14(18-13-7-3-4-8-15-13)17-12-9-16-11-6-2-1-5-10(11)12/h1-9,16H,(H2,15,17,18,19). The number of aromatic nitrogens is 2. The summed E-state index contributed by atoms with van der Waals surface area (Å²) in [4.78, 5) is 19.0. The second-order valence-corrected chi connectivity index (χ2v) is 4.04. The van der Waals surface area contributed by atoms with Crippen molar-refractivity contribution in [2.45, 2.75) is 0 Å². The highest BCUT2D eigenvalue weighted by molar-refractivity contribution is 6.05. The van der Waals surface area contributed by atoms with E-state index in [2.05, 4.69) is 20.6 Å². The van der Waals surface area contributed by atoms with Crippen molar-refractivity contribution >= 4 is 28.4 Å². The number of amides is 2. The number of rotatable bonds is 2. The Morgan fingerprint density at radius 3 is 2.74 bits per heavy atom. The van der Waals surface area contributed by atoms with Crippen LogP contribution in [0.15, 0.2) is 54.9 Å². The first-order chi connectivity index (χ1) is 9.33. The van der Waals surface area contributed by atoms with Gasteiger partial charge in [0.05, 0.1) is 5.69 Å². The van der Waals surface area contributed by atoms with Crippen LogP contribution in [0.5, 0.6) is 0 Å². The molecule has 0 aliphatic carbocycles. The number of nitrogens with zero attached hydrogens (tertiary/aromatic N) is 1. The van der Waals surface area contributed by atoms with Crippen LogP contribution in [-0.2, 0) is 0 Å². The molecule has 0 spiro atoms. The summed E-state index contributed by atoms with van der Waals surface area (Å²) in [5.41, 5.74) is 1.72. The molecule has 2 aromatic heterocycles. The van der Waals surface area contributed by atoms with Gasteiger partial charge in [0.15, 0.2) is 0 Å². The molecule has 0 aliphatic rings. The van der Waals surface area contributed by atoms with Gasteiger partial charge in [0.2, 0.25) is 0 Å². The second kappa shape index (κ2) is 4.81. The molecule has 5 nitrogen and oxygen atoms in total. The van der Waals surface area contributed by atoms with Crippen molar-refractivity contribution in [2.24, 2.45) is 0 Å². The Bertz CT molecular complexity index is 706. The van der Waals surface area contributed by atoms with Gasteiger partial charge in [-0.15, -0.1) is 0 Å². The number of H-pyrrole nitrogens is 1. The second-order valence-electron chi connectivity index (χ2n) is 4.04. The third-order valence-corrected chi connectivity index (χ3v) is 2.74. The van der Waals surface area contributed by atoms with Gasteiger partial charge in [-0.2, -0.15) is 0 Å². The summed E-state index contributed by atoms with van der Waals surface area (Å²) in [6, 6.07) is 12.8. The zero-order valence-electron chi connectivity index (χ0n) is 10.1. The van der Waals surface area contributed by atoms with E-state index in [1.807, 2.05) is 30.3 Å². The minimum absolute atomic E-state index is 0.316. The van der Waals surface area contributed by atoms with Gasteiger partial charge in [-0.3, -0.25) is 5.32 Å². The van der Waals surface area contributed by atoms with Crippen molar-refractivity contribution in [3.05, 3.63) is 54.9 Å². The zero-order valence-corrected chi connectivity index (χ0v) is 10.1. The fourth-order valence-electron chi connectivity index (χ4n) is 1.88. The Morgan fingerprint density at radius 1 is 1.05 bits per heavy atom. The summed E-state index contributed by atoms with van der Waals surface area (Å²) in [5, 5.41) is 6.43. The summed E-state index contributed by atoms with van der Waals surface area (Å²) in [6.45, 7) is 0. The number of carbonyl (C=O) groups excluding carboxylic acids is 1. The summed E-state index contributed by atoms with van der Waals surface area (Å²) in [5.74, 6) is 0.514. The van der Waals surface area contributed by atoms with E-state index in [1.165, 1.54) is 0 Å². The van der Waals surface area contributed by atoms with E-state index in [0.29, 0.717) is 5.82 Å². The number of carbonyl (C=O) groups is 1. The fourth-order valence-corrected chi connectivity index (χ4v) is 1.88. The van der Waals surface area contributed by atoms with E-state index in [0.717, 1.165) is 16.6 Å². The maximum absolute atomic E-state index is 11.8. The van der Waals surface area contributed by atoms with E-state index in [4.69, 9.17) is 0 Å². The minimum atomic E-state index is -0.316. The van der Waals surface area contributed by atoms with Gasteiger partial charge >= 0.3 is 6.03 Å². The van der Waals surface area contributed by atoms with E-state index in [9.17, 15) is 4.79 Å². The zero-order chi connectivity index (χ0) is 13.1. The third kappa shape index (κ3) is 2.40. The summed E-state index contributed by atoms with van der Waals surface area (Å²) in [6.07, 6.45) is 3.39. The number of benzene rings is 1. The van der Waals surface area contributed by atoms with Gasteiger partial charge in [-0.05, 0) is 18.2 Å². The molecule has 0 fully saturated rings. The summed E-state index contributed by atoms with van der Waals surface area (Å²) < 4.78 is 0. The Kier molecular flexibility index (Phi) is 2.86. The Hall–Kier alpha value is -2.82. The molecular formula is C14H12N4O. The number of hydrogen-bond donors (Lipinski definition) is 3. The van der Waals surface area contributed by atoms with Crippen LogP contribution in [0.2, 0.25) is 0 Å². The van der Waals surface area contributed by atoms with Crippen molar-refractivity contribution in [2.75, 3.05) is 10.6 Å². The predicted molar refractivity (Wildman–Crippen MR) is 75.2 cm³/mol. The van der Waals surface area contributed by atoms with E-state index >= 15 is 0 Å². The quantitative estimate of drug-likeness (QED) is 0.655. The van der Waals surface area contributed by atoms with Gasteiger partial charge in [0, 0.05) is 23.3 Å². The minimum Gasteiger partial charge on any atom is -0.359 e. The number of urea groups is 1. The van der Waals surface area contributed by atoms with Crippen molar-refractivity contribution in [1.82, 2.24) is 9.97 Å². The molecule has 5 heteroatoms. The normalized spacial score (nSPS) is 10.3. The van der Waals surface area contributed by atoms with Crippen LogP contribution < -0.4 is 10.6 Å². The Morgan fingerprint density at radius 2 is 1.89 bits per heavy atom. The highest BCUT2D eigenvalue weighted by atomic mass is 16.2. The molecule has 0 bridgehead atoms. The van der Waals surface area contributed by atoms with Crippen LogP contribution in [0.4, 0.5) is 16.3 Å². The maximum atomic E-state index is 11.8. The number of fused-ring (bicyclic) bond motifs is 1. The average molecular weight is 252 g/mol. The lowest BCUT2D eigenvalue weighted by Gasteiger charge is -2.05. The molecule has 0 saturated heterocycles. The molecule has 0 saturated carbocycles. The molecule has 1 aromatic carbocycles. The topological polar surface area (TPSA) is 69.8 Å². The van der Waals surface area contributed by atoms with E-state index in [-0.39, 0.29) is 6.03 Å². The molecule has 0 unspecified atom stereocenters. The van der Waals surface area contributed by atoms with Crippen molar-refractivity contribution in [1.29, 1.82) is 0 Å². The predicted octanol–water partition coefficient (Wildman–Crippen LogP) is 3.21. The van der Waals surface area contributed by atoms with Gasteiger partial charge in [0.1, 0.15) is 5.82 Å². The lowest BCUT2D eigenvalue weighted by Crippen LogP contribution is -2.19. The Balaban J connectivity index is 1.76. The molecule has 3 N–H and O–H groups in total. The molecule has 94 valence electrons. The van der Waals surface area contributed by atoms with Crippen LogP contribution in [0.3, 0.4) is 0 Å². The number of aromatic amines is 1. The first-order valence-electron chi connectivity index (χ1n) is 5.88. The van der Waals surface area contributed by atoms with Crippen LogP contribution in [0.1, 0.15) is 0 Å². The molecule has 0 radical (unpaired) electrons. The number of hydrogen-bond acceptors (Lipinski definition) is 2. The highest BCUT2D eigenvalue weighted by Crippen LogP contribution is 2.22. The van der Waals surface area contributed by atoms with Crippen molar-refractivity contribution < 1.29 is 4.79 Å². The van der Waals surface area contributed by atoms with Crippen LogP contribution in [-0.4, -0.2) is 16.0 Å². The smallest absolute Gasteiger partial charge is 0.324 e. The van der Waals surface area contributed by atoms with Gasteiger partial charge < -0.3 is 10.3 Å². The number of anilines is 2. The Labute approximate surface area is 109 Å². The van der Waals surface area contributed by atoms with Gasteiger partial charge in [-0.25, -0.2) is 9.78 Å². The molecule has 0 atom stereocenters. The van der Waals surface area contributed by atoms with Crippen LogP contribution in [0, 0.1) is 0 Å². The van der Waals surface area contributed by atoms with E-state index in [1.54, 1.807) is 24.5 Å². The summed E-state index contributed by atoms with van der Waals surface area (Å²) >= 11 is 0. The van der Waals surface area contributed by atoms with Crippen LogP contribution in [0.25, 0.3) is 10.9 Å². The molecule has 2 heterocycles. The monoisotopic (exact) mass is 252 g/mol. The summed E-state index contributed by atoms with van der Waals surface area (Å²) in [7, 11) is 0. The first kappa shape index (κ1) is 11.3. The first-order valence-corrected chi connectivity index (χ1v) is 5.88. The molecular weight excluding hydrogens is 240 g/mol. The average Bonchev–Trinajstić information content (AvgIpc) is 2.83. The number of pyridine rings is 1.